The number of carbonyl (C=O) groups excluding carboxylic acids is 1. The lowest BCUT2D eigenvalue weighted by Gasteiger charge is -2.12. The summed E-state index contributed by atoms with van der Waals surface area (Å²) in [5.41, 5.74) is 3.74. The quantitative estimate of drug-likeness (QED) is 0.796. The summed E-state index contributed by atoms with van der Waals surface area (Å²) in [6, 6.07) is 11.8. The van der Waals surface area contributed by atoms with Crippen molar-refractivity contribution in [3.63, 3.8) is 0 Å². The number of carbonyl (C=O) groups is 1. The first-order valence-corrected chi connectivity index (χ1v) is 6.48. The van der Waals surface area contributed by atoms with E-state index in [0.717, 1.165) is 16.8 Å². The number of hydrogen-bond donors (Lipinski definition) is 0. The van der Waals surface area contributed by atoms with Gasteiger partial charge in [-0.2, -0.15) is 0 Å². The van der Waals surface area contributed by atoms with Gasteiger partial charge < -0.3 is 4.90 Å². The average molecular weight is 266 g/mol. The molecule has 1 aromatic carbocycles. The Hall–Kier alpha value is -2.42. The first-order valence-electron chi connectivity index (χ1n) is 6.48. The highest BCUT2D eigenvalue weighted by Crippen LogP contribution is 2.20. The Kier molecular flexibility index (Phi) is 4.31. The molecule has 20 heavy (non-hydrogen) atoms. The van der Waals surface area contributed by atoms with Gasteiger partial charge in [0.2, 0.25) is 0 Å². The Labute approximate surface area is 119 Å². The molecule has 0 saturated heterocycles. The molecule has 0 N–H and O–H groups in total. The minimum atomic E-state index is 0.0490. The van der Waals surface area contributed by atoms with Crippen molar-refractivity contribution >= 4 is 23.1 Å². The van der Waals surface area contributed by atoms with E-state index in [0.29, 0.717) is 5.57 Å². The molecule has 2 rings (SSSR count). The molecule has 1 heterocycles. The minimum absolute atomic E-state index is 0.0490. The molecule has 2 aromatic rings. The number of ketones is 1. The number of Topliss-reactive ketones (excluding diaryl/α,β-unsaturated/α-hetero) is 1. The molecule has 1 aromatic heterocycles. The molecule has 0 amide bonds. The van der Waals surface area contributed by atoms with E-state index in [4.69, 9.17) is 0 Å². The van der Waals surface area contributed by atoms with Gasteiger partial charge in [-0.15, -0.1) is 0 Å². The summed E-state index contributed by atoms with van der Waals surface area (Å²) in [4.78, 5) is 17.9. The Morgan fingerprint density at radius 2 is 1.65 bits per heavy atom. The lowest BCUT2D eigenvalue weighted by molar-refractivity contribution is -0.111. The van der Waals surface area contributed by atoms with Gasteiger partial charge in [0.05, 0.1) is 0 Å². The van der Waals surface area contributed by atoms with E-state index in [-0.39, 0.29) is 5.78 Å². The Morgan fingerprint density at radius 3 is 2.15 bits per heavy atom. The van der Waals surface area contributed by atoms with Crippen LogP contribution in [0.4, 0.5) is 5.69 Å². The van der Waals surface area contributed by atoms with Crippen LogP contribution in [-0.2, 0) is 4.79 Å². The number of benzene rings is 1. The van der Waals surface area contributed by atoms with E-state index >= 15 is 0 Å². The van der Waals surface area contributed by atoms with Crippen LogP contribution in [0.1, 0.15) is 18.1 Å². The monoisotopic (exact) mass is 266 g/mol. The number of hydrogen-bond acceptors (Lipinski definition) is 3. The lowest BCUT2D eigenvalue weighted by atomic mass is 10.0. The molecule has 0 radical (unpaired) electrons. The smallest absolute Gasteiger partial charge is 0.160 e. The van der Waals surface area contributed by atoms with Gasteiger partial charge in [-0.05, 0) is 48.4 Å². The topological polar surface area (TPSA) is 33.2 Å². The lowest BCUT2D eigenvalue weighted by Crippen LogP contribution is -2.07. The maximum Gasteiger partial charge on any atom is 0.160 e. The highest BCUT2D eigenvalue weighted by molar-refractivity contribution is 6.24. The summed E-state index contributed by atoms with van der Waals surface area (Å²) < 4.78 is 0. The molecule has 3 heteroatoms. The molecule has 0 bridgehead atoms. The van der Waals surface area contributed by atoms with E-state index in [1.807, 2.05) is 61.5 Å². The summed E-state index contributed by atoms with van der Waals surface area (Å²) >= 11 is 0. The second-order valence-corrected chi connectivity index (χ2v) is 4.84. The third kappa shape index (κ3) is 3.32. The number of nitrogens with zero attached hydrogens (tertiary/aromatic N) is 2. The van der Waals surface area contributed by atoms with Crippen molar-refractivity contribution in [3.8, 4) is 0 Å². The first-order chi connectivity index (χ1) is 9.58. The van der Waals surface area contributed by atoms with Crippen LogP contribution < -0.4 is 4.90 Å². The van der Waals surface area contributed by atoms with E-state index in [9.17, 15) is 4.79 Å². The molecule has 0 unspecified atom stereocenters. The molecular weight excluding hydrogens is 248 g/mol. The predicted octanol–water partition coefficient (Wildman–Crippen LogP) is 3.28. The summed E-state index contributed by atoms with van der Waals surface area (Å²) in [5.74, 6) is 0.0490. The maximum absolute atomic E-state index is 11.8. The van der Waals surface area contributed by atoms with Gasteiger partial charge >= 0.3 is 0 Å². The zero-order valence-electron chi connectivity index (χ0n) is 12.0. The van der Waals surface area contributed by atoms with Crippen molar-refractivity contribution < 1.29 is 4.79 Å². The molecule has 0 aliphatic rings. The van der Waals surface area contributed by atoms with Crippen molar-refractivity contribution in [1.29, 1.82) is 0 Å². The molecular formula is C17H18N2O. The van der Waals surface area contributed by atoms with Crippen LogP contribution in [0.25, 0.3) is 11.6 Å². The summed E-state index contributed by atoms with van der Waals surface area (Å²) in [7, 11) is 4.01. The second kappa shape index (κ2) is 6.15. The van der Waals surface area contributed by atoms with Crippen LogP contribution in [0, 0.1) is 0 Å². The van der Waals surface area contributed by atoms with Crippen LogP contribution in [-0.4, -0.2) is 24.9 Å². The van der Waals surface area contributed by atoms with Gasteiger partial charge in [0.25, 0.3) is 0 Å². The van der Waals surface area contributed by atoms with E-state index in [2.05, 4.69) is 4.98 Å². The van der Waals surface area contributed by atoms with E-state index in [1.54, 1.807) is 19.3 Å². The van der Waals surface area contributed by atoms with Crippen LogP contribution in [0.2, 0.25) is 0 Å². The van der Waals surface area contributed by atoms with E-state index in [1.165, 1.54) is 0 Å². The Balaban J connectivity index is 2.37. The molecule has 0 aliphatic heterocycles. The Bertz CT molecular complexity index is 613. The number of pyridine rings is 1. The number of allylic oxidation sites excluding steroid dienone is 1. The van der Waals surface area contributed by atoms with Crippen molar-refractivity contribution in [2.75, 3.05) is 19.0 Å². The van der Waals surface area contributed by atoms with Gasteiger partial charge in [-0.3, -0.25) is 9.78 Å². The van der Waals surface area contributed by atoms with Gasteiger partial charge in [-0.1, -0.05) is 12.1 Å². The third-order valence-electron chi connectivity index (χ3n) is 3.09. The highest BCUT2D eigenvalue weighted by Gasteiger charge is 2.07. The van der Waals surface area contributed by atoms with Crippen molar-refractivity contribution in [2.45, 2.75) is 6.92 Å². The van der Waals surface area contributed by atoms with Crippen molar-refractivity contribution in [2.24, 2.45) is 0 Å². The molecule has 0 aliphatic carbocycles. The molecule has 102 valence electrons. The minimum Gasteiger partial charge on any atom is -0.378 e. The number of anilines is 1. The van der Waals surface area contributed by atoms with Crippen molar-refractivity contribution in [3.05, 3.63) is 59.9 Å². The average Bonchev–Trinajstić information content (AvgIpc) is 2.46. The van der Waals surface area contributed by atoms with Gasteiger partial charge in [0, 0.05) is 37.7 Å². The highest BCUT2D eigenvalue weighted by atomic mass is 16.1. The predicted molar refractivity (Wildman–Crippen MR) is 83.6 cm³/mol. The first kappa shape index (κ1) is 14.0. The second-order valence-electron chi connectivity index (χ2n) is 4.84. The number of rotatable bonds is 4. The van der Waals surface area contributed by atoms with Gasteiger partial charge in [0.15, 0.2) is 5.78 Å². The van der Waals surface area contributed by atoms with Gasteiger partial charge in [-0.25, -0.2) is 0 Å². The summed E-state index contributed by atoms with van der Waals surface area (Å²) in [5, 5.41) is 0. The molecule has 0 saturated carbocycles. The maximum atomic E-state index is 11.8. The standard InChI is InChI=1S/C17H18N2O/c1-13(20)17(15-8-10-18-11-9-15)12-14-4-6-16(7-5-14)19(2)3/h4-12H,1-3H3/b17-12-. The van der Waals surface area contributed by atoms with Crippen LogP contribution >= 0.6 is 0 Å². The SMILES string of the molecule is CC(=O)/C(=C/c1ccc(N(C)C)cc1)c1ccncc1. The van der Waals surface area contributed by atoms with Crippen LogP contribution in [0.3, 0.4) is 0 Å². The Morgan fingerprint density at radius 1 is 1.05 bits per heavy atom. The fourth-order valence-electron chi connectivity index (χ4n) is 1.96. The van der Waals surface area contributed by atoms with Crippen LogP contribution in [0.15, 0.2) is 48.8 Å². The van der Waals surface area contributed by atoms with Crippen molar-refractivity contribution in [1.82, 2.24) is 4.98 Å². The molecule has 3 nitrogen and oxygen atoms in total. The number of aromatic nitrogens is 1. The van der Waals surface area contributed by atoms with Gasteiger partial charge in [0.1, 0.15) is 0 Å². The zero-order chi connectivity index (χ0) is 14.5. The fraction of sp³-hybridized carbons (Fsp3) is 0.176. The molecule has 0 fully saturated rings. The van der Waals surface area contributed by atoms with Crippen LogP contribution in [0.5, 0.6) is 0 Å². The molecule has 0 atom stereocenters. The van der Waals surface area contributed by atoms with E-state index < -0.39 is 0 Å². The summed E-state index contributed by atoms with van der Waals surface area (Å²) in [6.07, 6.45) is 5.31. The normalized spacial score (nSPS) is 11.2. The largest absolute Gasteiger partial charge is 0.378 e. The fourth-order valence-corrected chi connectivity index (χ4v) is 1.96. The third-order valence-corrected chi connectivity index (χ3v) is 3.09. The molecule has 0 spiro atoms. The summed E-state index contributed by atoms with van der Waals surface area (Å²) in [6.45, 7) is 1.58. The zero-order valence-corrected chi connectivity index (χ0v) is 12.0.